The summed E-state index contributed by atoms with van der Waals surface area (Å²) in [6.07, 6.45) is 0. The van der Waals surface area contributed by atoms with Crippen LogP contribution in [0.5, 0.6) is 0 Å². The van der Waals surface area contributed by atoms with Gasteiger partial charge in [-0.15, -0.1) is 0 Å². The lowest BCUT2D eigenvalue weighted by Gasteiger charge is -2.10. The van der Waals surface area contributed by atoms with Crippen molar-refractivity contribution in [3.8, 4) is 0 Å². The number of aromatic nitrogens is 4. The fraction of sp³-hybridized carbons (Fsp3) is 0.208. The Morgan fingerprint density at radius 2 is 1.52 bits per heavy atom. The summed E-state index contributed by atoms with van der Waals surface area (Å²) in [5.41, 5.74) is 5.68. The Balaban J connectivity index is 1.42. The third kappa shape index (κ3) is 5.58. The number of hydrogen-bond acceptors (Lipinski definition) is 3. The highest BCUT2D eigenvalue weighted by Gasteiger charge is 2.14. The average Bonchev–Trinajstić information content (AvgIpc) is 3.24. The van der Waals surface area contributed by atoms with Gasteiger partial charge in [0.25, 0.3) is 0 Å². The Hall–Kier alpha value is -3.23. The first-order valence-electron chi connectivity index (χ1n) is 10.4. The van der Waals surface area contributed by atoms with Crippen molar-refractivity contribution in [3.63, 3.8) is 0 Å². The number of halogens is 2. The highest BCUT2D eigenvalue weighted by Crippen LogP contribution is 2.21. The molecule has 0 aliphatic heterocycles. The van der Waals surface area contributed by atoms with Crippen molar-refractivity contribution < 1.29 is 4.39 Å². The SMILES string of the molecule is Cc1nn(Cc2ccc(F)cc2)c(C)c1NC(=S)Nc1cc(C)n(Cc2ccc(Cl)cc2)n1. The lowest BCUT2D eigenvalue weighted by Crippen LogP contribution is -2.20. The predicted octanol–water partition coefficient (Wildman–Crippen LogP) is 5.70. The number of nitrogens with zero attached hydrogens (tertiary/aromatic N) is 4. The molecule has 0 saturated carbocycles. The monoisotopic (exact) mass is 482 g/mol. The van der Waals surface area contributed by atoms with Gasteiger partial charge in [-0.25, -0.2) is 4.39 Å². The van der Waals surface area contributed by atoms with Crippen LogP contribution in [0.25, 0.3) is 0 Å². The molecule has 2 heterocycles. The van der Waals surface area contributed by atoms with Crippen LogP contribution in [0, 0.1) is 26.6 Å². The highest BCUT2D eigenvalue weighted by atomic mass is 35.5. The zero-order valence-corrected chi connectivity index (χ0v) is 20.1. The summed E-state index contributed by atoms with van der Waals surface area (Å²) in [6.45, 7) is 7.07. The molecule has 0 radical (unpaired) electrons. The van der Waals surface area contributed by atoms with Gasteiger partial charge in [0.15, 0.2) is 10.9 Å². The first-order valence-corrected chi connectivity index (χ1v) is 11.2. The van der Waals surface area contributed by atoms with Crippen LogP contribution in [0.3, 0.4) is 0 Å². The largest absolute Gasteiger partial charge is 0.329 e. The fourth-order valence-electron chi connectivity index (χ4n) is 3.55. The molecule has 2 N–H and O–H groups in total. The van der Waals surface area contributed by atoms with Crippen LogP contribution in [-0.4, -0.2) is 24.7 Å². The van der Waals surface area contributed by atoms with E-state index in [1.165, 1.54) is 12.1 Å². The zero-order valence-electron chi connectivity index (χ0n) is 18.6. The fourth-order valence-corrected chi connectivity index (χ4v) is 3.88. The van der Waals surface area contributed by atoms with Gasteiger partial charge in [-0.05, 0) is 68.4 Å². The van der Waals surface area contributed by atoms with Crippen molar-refractivity contribution in [1.29, 1.82) is 0 Å². The van der Waals surface area contributed by atoms with Crippen molar-refractivity contribution in [2.75, 3.05) is 10.6 Å². The minimum Gasteiger partial charge on any atom is -0.329 e. The van der Waals surface area contributed by atoms with Gasteiger partial charge in [0.2, 0.25) is 0 Å². The van der Waals surface area contributed by atoms with Gasteiger partial charge in [0.1, 0.15) is 5.82 Å². The Bertz CT molecular complexity index is 1280. The maximum Gasteiger partial charge on any atom is 0.176 e. The molecule has 6 nitrogen and oxygen atoms in total. The van der Waals surface area contributed by atoms with Crippen LogP contribution in [0.1, 0.15) is 28.2 Å². The Labute approximate surface area is 202 Å². The van der Waals surface area contributed by atoms with Crippen molar-refractivity contribution in [2.24, 2.45) is 0 Å². The summed E-state index contributed by atoms with van der Waals surface area (Å²) >= 11 is 11.5. The van der Waals surface area contributed by atoms with Crippen molar-refractivity contribution in [3.05, 3.63) is 93.6 Å². The second-order valence-electron chi connectivity index (χ2n) is 7.86. The molecule has 0 bridgehead atoms. The molecule has 0 atom stereocenters. The summed E-state index contributed by atoms with van der Waals surface area (Å²) < 4.78 is 17.0. The third-order valence-electron chi connectivity index (χ3n) is 5.33. The van der Waals surface area contributed by atoms with E-state index in [0.717, 1.165) is 33.9 Å². The van der Waals surface area contributed by atoms with E-state index in [1.54, 1.807) is 12.1 Å². The second-order valence-corrected chi connectivity index (χ2v) is 8.71. The molecule has 0 saturated heterocycles. The lowest BCUT2D eigenvalue weighted by atomic mass is 10.2. The van der Waals surface area contributed by atoms with Crippen LogP contribution in [0.15, 0.2) is 54.6 Å². The summed E-state index contributed by atoms with van der Waals surface area (Å²) in [6, 6.07) is 16.1. The van der Waals surface area contributed by atoms with E-state index in [9.17, 15) is 4.39 Å². The second kappa shape index (κ2) is 9.72. The molecule has 0 fully saturated rings. The molecule has 0 spiro atoms. The highest BCUT2D eigenvalue weighted by molar-refractivity contribution is 7.80. The molecule has 0 amide bonds. The van der Waals surface area contributed by atoms with Crippen LogP contribution in [0.4, 0.5) is 15.9 Å². The maximum atomic E-state index is 13.2. The van der Waals surface area contributed by atoms with Crippen LogP contribution >= 0.6 is 23.8 Å². The summed E-state index contributed by atoms with van der Waals surface area (Å²) in [7, 11) is 0. The summed E-state index contributed by atoms with van der Waals surface area (Å²) in [5, 5.41) is 16.8. The van der Waals surface area contributed by atoms with Gasteiger partial charge in [0, 0.05) is 16.8 Å². The summed E-state index contributed by atoms with van der Waals surface area (Å²) in [5.74, 6) is 0.407. The maximum absolute atomic E-state index is 13.2. The third-order valence-corrected chi connectivity index (χ3v) is 5.79. The van der Waals surface area contributed by atoms with Gasteiger partial charge in [-0.3, -0.25) is 9.36 Å². The first-order chi connectivity index (χ1) is 15.8. The van der Waals surface area contributed by atoms with Crippen molar-refractivity contribution in [2.45, 2.75) is 33.9 Å². The molecule has 2 aromatic heterocycles. The number of rotatable bonds is 6. The summed E-state index contributed by atoms with van der Waals surface area (Å²) in [4.78, 5) is 0. The molecular weight excluding hydrogens is 459 g/mol. The number of hydrogen-bond donors (Lipinski definition) is 2. The van der Waals surface area contributed by atoms with E-state index >= 15 is 0 Å². The molecule has 0 aliphatic rings. The molecule has 4 rings (SSSR count). The molecule has 4 aromatic rings. The molecule has 33 heavy (non-hydrogen) atoms. The number of thiocarbonyl (C=S) groups is 1. The zero-order chi connectivity index (χ0) is 23.5. The van der Waals surface area contributed by atoms with Crippen molar-refractivity contribution in [1.82, 2.24) is 19.6 Å². The van der Waals surface area contributed by atoms with E-state index in [0.29, 0.717) is 29.0 Å². The van der Waals surface area contributed by atoms with Gasteiger partial charge >= 0.3 is 0 Å². The Morgan fingerprint density at radius 1 is 0.909 bits per heavy atom. The van der Waals surface area contributed by atoms with E-state index in [-0.39, 0.29) is 5.82 Å². The minimum absolute atomic E-state index is 0.253. The number of nitrogens with one attached hydrogen (secondary N) is 2. The molecular formula is C24H24ClFN6S. The lowest BCUT2D eigenvalue weighted by molar-refractivity contribution is 0.622. The average molecular weight is 483 g/mol. The van der Waals surface area contributed by atoms with Gasteiger partial charge < -0.3 is 10.6 Å². The Kier molecular flexibility index (Phi) is 6.76. The van der Waals surface area contributed by atoms with Gasteiger partial charge in [-0.1, -0.05) is 35.9 Å². The number of aryl methyl sites for hydroxylation is 2. The van der Waals surface area contributed by atoms with Crippen LogP contribution < -0.4 is 10.6 Å². The minimum atomic E-state index is -0.253. The van der Waals surface area contributed by atoms with Crippen LogP contribution in [-0.2, 0) is 13.1 Å². The molecule has 9 heteroatoms. The quantitative estimate of drug-likeness (QED) is 0.345. The molecule has 2 aromatic carbocycles. The number of benzene rings is 2. The molecule has 0 unspecified atom stereocenters. The van der Waals surface area contributed by atoms with Gasteiger partial charge in [0.05, 0.1) is 30.2 Å². The normalized spacial score (nSPS) is 10.9. The van der Waals surface area contributed by atoms with Crippen molar-refractivity contribution >= 4 is 40.4 Å². The number of anilines is 2. The smallest absolute Gasteiger partial charge is 0.176 e. The van der Waals surface area contributed by atoms with Crippen LogP contribution in [0.2, 0.25) is 5.02 Å². The standard InChI is InChI=1S/C24H24ClFN6S/c1-15-12-22(30-31(15)13-18-4-8-20(25)9-5-18)27-24(33)28-23-16(2)29-32(17(23)3)14-19-6-10-21(26)11-7-19/h4-12H,13-14H2,1-3H3,(H2,27,28,30,33). The van der Waals surface area contributed by atoms with Gasteiger partial charge in [-0.2, -0.15) is 10.2 Å². The van der Waals surface area contributed by atoms with E-state index in [2.05, 4.69) is 20.8 Å². The molecule has 170 valence electrons. The first kappa shape index (κ1) is 22.9. The van der Waals surface area contributed by atoms with E-state index in [1.807, 2.05) is 60.5 Å². The van der Waals surface area contributed by atoms with E-state index < -0.39 is 0 Å². The molecule has 0 aliphatic carbocycles. The predicted molar refractivity (Wildman–Crippen MR) is 135 cm³/mol. The topological polar surface area (TPSA) is 59.7 Å². The Morgan fingerprint density at radius 3 is 2.18 bits per heavy atom. The van der Waals surface area contributed by atoms with E-state index in [4.69, 9.17) is 23.8 Å².